The van der Waals surface area contributed by atoms with Crippen molar-refractivity contribution in [3.05, 3.63) is 88.5 Å². The lowest BCUT2D eigenvalue weighted by Gasteiger charge is -2.39. The Balaban J connectivity index is 1.05. The number of aliphatic hydroxyl groups is 5. The number of hydrogen-bond acceptors (Lipinski definition) is 15. The molecule has 3 fully saturated rings. The maximum absolute atomic E-state index is 14.5. The Morgan fingerprint density at radius 3 is 2.38 bits per heavy atom. The summed E-state index contributed by atoms with van der Waals surface area (Å²) in [5, 5.41) is 52.8. The molecule has 6 N–H and O–H groups in total. The first-order valence-electron chi connectivity index (χ1n) is 21.5. The number of carbonyl (C=O) groups excluding carboxylic acids is 4. The Hall–Kier alpha value is -4.56. The van der Waals surface area contributed by atoms with Crippen LogP contribution in [0.15, 0.2) is 66.3 Å². The number of carbonyl (C=O) groups is 4. The maximum Gasteiger partial charge on any atom is 0.339 e. The van der Waals surface area contributed by atoms with E-state index in [9.17, 15) is 44.7 Å². The van der Waals surface area contributed by atoms with Gasteiger partial charge in [0.05, 0.1) is 31.4 Å². The van der Waals surface area contributed by atoms with Crippen LogP contribution >= 0.6 is 0 Å². The molecule has 10 atom stereocenters. The van der Waals surface area contributed by atoms with Crippen molar-refractivity contribution in [3.63, 3.8) is 0 Å². The number of nitrogens with zero attached hydrogens (tertiary/aromatic N) is 1. The molecule has 3 aliphatic heterocycles. The Bertz CT molecular complexity index is 2020. The molecule has 2 aromatic rings. The lowest BCUT2D eigenvalue weighted by atomic mass is 9.91. The van der Waals surface area contributed by atoms with Gasteiger partial charge in [-0.3, -0.25) is 14.4 Å². The third-order valence-corrected chi connectivity index (χ3v) is 11.9. The van der Waals surface area contributed by atoms with E-state index in [2.05, 4.69) is 5.32 Å². The van der Waals surface area contributed by atoms with Gasteiger partial charge in [0.2, 0.25) is 11.8 Å². The molecule has 0 unspecified atom stereocenters. The minimum absolute atomic E-state index is 0.0129. The predicted octanol–water partition coefficient (Wildman–Crippen LogP) is 1.24. The number of benzene rings is 2. The number of rotatable bonds is 14. The number of aliphatic hydroxyl groups excluding tert-OH is 5. The van der Waals surface area contributed by atoms with Crippen molar-refractivity contribution >= 4 is 29.8 Å². The van der Waals surface area contributed by atoms with E-state index in [-0.39, 0.29) is 31.4 Å². The molecule has 3 saturated heterocycles. The molecule has 0 saturated carbocycles. The third-order valence-electron chi connectivity index (χ3n) is 11.9. The molecule has 7 rings (SSSR count). The summed E-state index contributed by atoms with van der Waals surface area (Å²) < 4.78 is 35.9. The van der Waals surface area contributed by atoms with Crippen LogP contribution in [0.25, 0.3) is 6.08 Å². The fourth-order valence-corrected chi connectivity index (χ4v) is 8.87. The van der Waals surface area contributed by atoms with Gasteiger partial charge in [0.25, 0.3) is 0 Å². The summed E-state index contributed by atoms with van der Waals surface area (Å²) in [6.45, 7) is 4.42. The molecule has 2 amide bonds. The highest BCUT2D eigenvalue weighted by atomic mass is 16.8. The van der Waals surface area contributed by atoms with Crippen LogP contribution in [0.2, 0.25) is 0 Å². The first-order valence-corrected chi connectivity index (χ1v) is 21.5. The SMILES string of the molecule is CC(C)(C)OC(=O)CC[C@@H](CO)NC(=O)[C@H]1CCCN1C(=O)C1=C[C@H]2OC3(Cc4ccccc4C3)O[C@H]2[C@H](OC(=O)c2ccccc2C=CCO[C@H]2O[C@H](CO)[C@H](O)[C@H](O)[C@H]2O)C1. The number of amides is 2. The van der Waals surface area contributed by atoms with Gasteiger partial charge in [-0.1, -0.05) is 54.6 Å². The molecule has 17 heteroatoms. The third kappa shape index (κ3) is 10.7. The van der Waals surface area contributed by atoms with Crippen LogP contribution in [-0.4, -0.2) is 153 Å². The number of likely N-dealkylation sites (tertiary alicyclic amines) is 1. The van der Waals surface area contributed by atoms with Crippen molar-refractivity contribution in [2.45, 2.75) is 138 Å². The predicted molar refractivity (Wildman–Crippen MR) is 222 cm³/mol. The lowest BCUT2D eigenvalue weighted by molar-refractivity contribution is -0.298. The zero-order chi connectivity index (χ0) is 45.1. The quantitative estimate of drug-likeness (QED) is 0.146. The molecule has 342 valence electrons. The van der Waals surface area contributed by atoms with E-state index >= 15 is 0 Å². The van der Waals surface area contributed by atoms with Gasteiger partial charge in [0, 0.05) is 37.8 Å². The molecule has 17 nitrogen and oxygen atoms in total. The summed E-state index contributed by atoms with van der Waals surface area (Å²) in [6.07, 6.45) is -2.79. The van der Waals surface area contributed by atoms with Gasteiger partial charge < -0.3 is 64.2 Å². The van der Waals surface area contributed by atoms with E-state index in [1.165, 1.54) is 4.90 Å². The molecule has 0 radical (unpaired) electrons. The topological polar surface area (TPSA) is 240 Å². The molecule has 1 spiro atoms. The number of hydrogen-bond donors (Lipinski definition) is 6. The highest BCUT2D eigenvalue weighted by molar-refractivity contribution is 5.98. The van der Waals surface area contributed by atoms with Gasteiger partial charge in [-0.2, -0.15) is 0 Å². The highest BCUT2D eigenvalue weighted by Crippen LogP contribution is 2.45. The fraction of sp³-hybridized carbons (Fsp3) is 0.565. The minimum Gasteiger partial charge on any atom is -0.460 e. The van der Waals surface area contributed by atoms with E-state index in [1.54, 1.807) is 63.3 Å². The Morgan fingerprint density at radius 2 is 1.68 bits per heavy atom. The number of fused-ring (bicyclic) bond motifs is 2. The summed E-state index contributed by atoms with van der Waals surface area (Å²) >= 11 is 0. The fourth-order valence-electron chi connectivity index (χ4n) is 8.87. The van der Waals surface area contributed by atoms with Gasteiger partial charge in [-0.15, -0.1) is 0 Å². The molecule has 63 heavy (non-hydrogen) atoms. The molecular weight excluding hydrogens is 821 g/mol. The molecule has 5 aliphatic rings. The summed E-state index contributed by atoms with van der Waals surface area (Å²) in [7, 11) is 0. The lowest BCUT2D eigenvalue weighted by Crippen LogP contribution is -2.59. The van der Waals surface area contributed by atoms with Crippen LogP contribution in [0, 0.1) is 0 Å². The van der Waals surface area contributed by atoms with Crippen molar-refractivity contribution in [1.82, 2.24) is 10.2 Å². The van der Waals surface area contributed by atoms with Crippen LogP contribution in [0.4, 0.5) is 0 Å². The molecule has 3 heterocycles. The number of esters is 2. The first kappa shape index (κ1) is 46.4. The van der Waals surface area contributed by atoms with Crippen LogP contribution in [0.1, 0.15) is 79.9 Å². The number of nitrogens with one attached hydrogen (secondary N) is 1. The maximum atomic E-state index is 14.5. The Labute approximate surface area is 365 Å². The minimum atomic E-state index is -1.59. The van der Waals surface area contributed by atoms with Gasteiger partial charge in [-0.05, 0) is 68.9 Å². The van der Waals surface area contributed by atoms with Gasteiger partial charge in [0.1, 0.15) is 54.4 Å². The van der Waals surface area contributed by atoms with Crippen LogP contribution in [-0.2, 0) is 55.6 Å². The summed E-state index contributed by atoms with van der Waals surface area (Å²) in [5.41, 5.74) is 2.42. The van der Waals surface area contributed by atoms with Crippen LogP contribution in [0.3, 0.4) is 0 Å². The van der Waals surface area contributed by atoms with Crippen molar-refractivity contribution < 1.29 is 73.1 Å². The standard InChI is InChI=1S/C46H58N2O15/c1-45(2,3)62-36(51)17-16-30(24-49)47-41(55)32-15-8-18-48(32)42(56)29-20-33(40-34(21-29)61-46(63-40)22-27-11-4-5-12-28(27)23-46)59-43(57)31-14-7-6-10-26(31)13-9-19-58-44-39(54)38(53)37(52)35(25-50)60-44/h4-7,9-14,21,30,32-35,37-40,44,49-50,52-54H,8,15-20,22-25H2,1-3H3,(H,47,55)/t30-,32+,33+,34+,35+,37-,38-,39+,40-,44-/m0/s1. The Kier molecular flexibility index (Phi) is 14.5. The molecule has 0 aromatic heterocycles. The van der Waals surface area contributed by atoms with Crippen molar-refractivity contribution in [2.24, 2.45) is 0 Å². The zero-order valence-corrected chi connectivity index (χ0v) is 35.7. The monoisotopic (exact) mass is 878 g/mol. The van der Waals surface area contributed by atoms with Gasteiger partial charge in [-0.25, -0.2) is 4.79 Å². The van der Waals surface area contributed by atoms with Crippen molar-refractivity contribution in [3.8, 4) is 0 Å². The number of ether oxygens (including phenoxy) is 6. The smallest absolute Gasteiger partial charge is 0.339 e. The van der Waals surface area contributed by atoms with Crippen LogP contribution < -0.4 is 5.32 Å². The second-order valence-electron chi connectivity index (χ2n) is 17.7. The van der Waals surface area contributed by atoms with Crippen molar-refractivity contribution in [1.29, 1.82) is 0 Å². The van der Waals surface area contributed by atoms with Gasteiger partial charge in [0.15, 0.2) is 12.1 Å². The van der Waals surface area contributed by atoms with E-state index in [0.717, 1.165) is 11.1 Å². The normalized spacial score (nSPS) is 29.2. The summed E-state index contributed by atoms with van der Waals surface area (Å²) in [4.78, 5) is 56.0. The highest BCUT2D eigenvalue weighted by Gasteiger charge is 2.55. The van der Waals surface area contributed by atoms with E-state index in [4.69, 9.17) is 28.4 Å². The second kappa shape index (κ2) is 19.7. The van der Waals surface area contributed by atoms with E-state index in [0.29, 0.717) is 43.4 Å². The van der Waals surface area contributed by atoms with Gasteiger partial charge >= 0.3 is 11.9 Å². The zero-order valence-electron chi connectivity index (χ0n) is 35.7. The largest absolute Gasteiger partial charge is 0.460 e. The van der Waals surface area contributed by atoms with E-state index in [1.807, 2.05) is 24.3 Å². The second-order valence-corrected chi connectivity index (χ2v) is 17.7. The van der Waals surface area contributed by atoms with E-state index < -0.39 is 109 Å². The molecule has 0 bridgehead atoms. The average Bonchev–Trinajstić information content (AvgIpc) is 3.99. The summed E-state index contributed by atoms with van der Waals surface area (Å²) in [6, 6.07) is 13.0. The molecule has 2 aromatic carbocycles. The molecule has 2 aliphatic carbocycles. The molecular formula is C46H58N2O15. The summed E-state index contributed by atoms with van der Waals surface area (Å²) in [5.74, 6) is -3.06. The van der Waals surface area contributed by atoms with Crippen molar-refractivity contribution in [2.75, 3.05) is 26.4 Å². The average molecular weight is 879 g/mol. The first-order chi connectivity index (χ1) is 30.1. The Morgan fingerprint density at radius 1 is 0.968 bits per heavy atom. The van der Waals surface area contributed by atoms with Crippen LogP contribution in [0.5, 0.6) is 0 Å².